The lowest BCUT2D eigenvalue weighted by Crippen LogP contribution is -2.22. The Balaban J connectivity index is 1.08. The maximum Gasteiger partial charge on any atom is 0.462 e. The van der Waals surface area contributed by atoms with E-state index in [-0.39, 0.29) is 43.3 Å². The first-order chi connectivity index (χ1) is 42.5. The Morgan fingerprint density at radius 1 is 0.290 bits per heavy atom. The summed E-state index contributed by atoms with van der Waals surface area (Å²) in [4.78, 5) is 14.4. The van der Waals surface area contributed by atoms with Gasteiger partial charge in [-0.15, -0.1) is 8.15 Å². The third-order valence-electron chi connectivity index (χ3n) is 17.7. The van der Waals surface area contributed by atoms with Crippen LogP contribution in [-0.4, -0.2) is 0 Å². The number of rotatable bonds is 14. The van der Waals surface area contributed by atoms with Gasteiger partial charge in [-0.25, -0.2) is 4.57 Å². The van der Waals surface area contributed by atoms with Crippen LogP contribution in [0.5, 0.6) is 23.0 Å². The largest absolute Gasteiger partial charge is 0.822 e. The third-order valence-corrected chi connectivity index (χ3v) is 22.5. The van der Waals surface area contributed by atoms with Crippen molar-refractivity contribution >= 4 is 45.3 Å². The molecule has 1 unspecified atom stereocenters. The van der Waals surface area contributed by atoms with Crippen molar-refractivity contribution in [2.75, 3.05) is 0 Å². The van der Waals surface area contributed by atoms with Crippen molar-refractivity contribution < 1.29 is 27.6 Å². The van der Waals surface area contributed by atoms with E-state index in [0.717, 1.165) is 83.0 Å². The summed E-state index contributed by atoms with van der Waals surface area (Å²) in [6.45, 7) is 62.0. The normalized spacial score (nSPS) is 13.5. The molecule has 1 atom stereocenters. The minimum absolute atomic E-state index is 0.0371. The zero-order chi connectivity index (χ0) is 69.3. The number of aryl methyl sites for hydroxylation is 4. The molecule has 496 valence electrons. The maximum atomic E-state index is 16.1. The highest BCUT2D eigenvalue weighted by Gasteiger charge is 2.38. The van der Waals surface area contributed by atoms with E-state index in [1.54, 1.807) is 0 Å². The van der Waals surface area contributed by atoms with E-state index in [9.17, 15) is 4.89 Å². The topological polar surface area (TPSA) is 77.0 Å². The highest BCUT2D eigenvalue weighted by Crippen LogP contribution is 2.54. The molecule has 0 saturated heterocycles. The third kappa shape index (κ3) is 16.8. The lowest BCUT2D eigenvalue weighted by Gasteiger charge is -2.32. The quantitative estimate of drug-likeness (QED) is 0.101. The van der Waals surface area contributed by atoms with Crippen molar-refractivity contribution in [3.63, 3.8) is 0 Å². The molecule has 0 aliphatic carbocycles. The average molecular weight is 1310 g/mol. The summed E-state index contributed by atoms with van der Waals surface area (Å²) in [5.74, 6) is 2.76. The Kier molecular flexibility index (Phi) is 20.5. The molecule has 6 nitrogen and oxygen atoms in total. The van der Waals surface area contributed by atoms with E-state index in [1.165, 1.54) is 33.4 Å². The molecule has 0 bridgehead atoms. The van der Waals surface area contributed by atoms with Crippen LogP contribution in [0.1, 0.15) is 233 Å². The van der Waals surface area contributed by atoms with Crippen molar-refractivity contribution in [2.45, 2.75) is 237 Å². The molecule has 0 fully saturated rings. The minimum Gasteiger partial charge on any atom is -0.822 e. The summed E-state index contributed by atoms with van der Waals surface area (Å²) in [6, 6.07) is 49.8. The maximum absolute atomic E-state index is 16.1. The number of hydrogen-bond acceptors (Lipinski definition) is 6. The summed E-state index contributed by atoms with van der Waals surface area (Å²) in [6.07, 6.45) is 0. The Labute approximate surface area is 564 Å². The van der Waals surface area contributed by atoms with Crippen molar-refractivity contribution in [2.24, 2.45) is 0 Å². The Morgan fingerprint density at radius 2 is 0.505 bits per heavy atom. The summed E-state index contributed by atoms with van der Waals surface area (Å²) in [5.41, 5.74) is 16.3. The lowest BCUT2D eigenvalue weighted by molar-refractivity contribution is -0.153. The van der Waals surface area contributed by atoms with E-state index >= 15 is 4.57 Å². The van der Waals surface area contributed by atoms with Gasteiger partial charge in [-0.3, -0.25) is 0 Å². The fourth-order valence-corrected chi connectivity index (χ4v) is 16.6. The standard InChI is InChI=1S/C84H108O6P3/c1-53-45-73(69(81(17,18)19)49-65(53)77(5,6)7)87-92(88-74-46-54(2)66(78(8,9)10)50-70(74)82(20,21)22)63-41-33-59(34-42-63)57-29-37-61(38-30-57)91(85)62-39-31-58(32-40-62)60-35-43-64(44-36-60)93(86,89-75-47-55(3)67(79(11,12)13)51-71(75)83(23,24)25)90-76-48-56(4)68(80(14,15)16)52-72(76)84(26,27)28/h29-52H,1-28H3/q-1. The highest BCUT2D eigenvalue weighted by atomic mass is 31.2. The van der Waals surface area contributed by atoms with Crippen LogP contribution in [0, 0.1) is 27.7 Å². The summed E-state index contributed by atoms with van der Waals surface area (Å²) < 4.78 is 44.6. The second-order valence-electron chi connectivity index (χ2n) is 34.3. The lowest BCUT2D eigenvalue weighted by atomic mass is 9.78. The molecule has 0 saturated carbocycles. The van der Waals surface area contributed by atoms with Crippen LogP contribution in [0.3, 0.4) is 0 Å². The van der Waals surface area contributed by atoms with Gasteiger partial charge in [0, 0.05) is 22.3 Å². The van der Waals surface area contributed by atoms with Crippen LogP contribution in [0.25, 0.3) is 22.3 Å². The molecule has 9 heteroatoms. The first-order valence-electron chi connectivity index (χ1n) is 33.2. The van der Waals surface area contributed by atoms with E-state index in [0.29, 0.717) is 16.8 Å². The van der Waals surface area contributed by atoms with Gasteiger partial charge in [0.1, 0.15) is 23.0 Å². The highest BCUT2D eigenvalue weighted by molar-refractivity contribution is 7.66. The average Bonchev–Trinajstić information content (AvgIpc) is 0.777. The Morgan fingerprint density at radius 3 is 0.753 bits per heavy atom. The zero-order valence-corrected chi connectivity index (χ0v) is 64.3. The predicted molar refractivity (Wildman–Crippen MR) is 401 cm³/mol. The van der Waals surface area contributed by atoms with Crippen molar-refractivity contribution in [3.05, 3.63) is 212 Å². The Hall–Kier alpha value is -5.99. The van der Waals surface area contributed by atoms with Gasteiger partial charge in [-0.05, 0) is 197 Å². The van der Waals surface area contributed by atoms with Gasteiger partial charge in [0.05, 0.1) is 10.6 Å². The fraction of sp³-hybridized carbons (Fsp3) is 0.429. The van der Waals surface area contributed by atoms with Crippen LogP contribution < -0.4 is 44.2 Å². The molecule has 8 rings (SSSR count). The molecule has 0 spiro atoms. The van der Waals surface area contributed by atoms with E-state index < -0.39 is 24.1 Å². The summed E-state index contributed by atoms with van der Waals surface area (Å²) in [7, 11) is -7.74. The molecule has 0 heterocycles. The molecule has 0 aromatic heterocycles. The first kappa shape index (κ1) is 72.8. The smallest absolute Gasteiger partial charge is 0.462 e. The molecular formula is C84H108O6P3-. The minimum atomic E-state index is -4.15. The van der Waals surface area contributed by atoms with Crippen LogP contribution in [0.2, 0.25) is 0 Å². The van der Waals surface area contributed by atoms with Crippen molar-refractivity contribution in [1.82, 2.24) is 0 Å². The van der Waals surface area contributed by atoms with Crippen LogP contribution in [0.15, 0.2) is 146 Å². The van der Waals surface area contributed by atoms with E-state index in [4.69, 9.17) is 18.1 Å². The summed E-state index contributed by atoms with van der Waals surface area (Å²) >= 11 is 0. The zero-order valence-electron chi connectivity index (χ0n) is 61.6. The van der Waals surface area contributed by atoms with Crippen molar-refractivity contribution in [1.29, 1.82) is 0 Å². The van der Waals surface area contributed by atoms with Gasteiger partial charge in [0.25, 0.3) is 0 Å². The molecule has 8 aromatic rings. The van der Waals surface area contributed by atoms with Crippen LogP contribution >= 0.6 is 24.1 Å². The van der Waals surface area contributed by atoms with Gasteiger partial charge in [-0.1, -0.05) is 263 Å². The number of hydrogen-bond donors (Lipinski definition) is 0. The van der Waals surface area contributed by atoms with Crippen LogP contribution in [0.4, 0.5) is 0 Å². The van der Waals surface area contributed by atoms with Gasteiger partial charge in [0.15, 0.2) is 0 Å². The molecule has 93 heavy (non-hydrogen) atoms. The van der Waals surface area contributed by atoms with Gasteiger partial charge < -0.3 is 23.0 Å². The predicted octanol–water partition coefficient (Wildman–Crippen LogP) is 22.4. The van der Waals surface area contributed by atoms with E-state index in [2.05, 4.69) is 267 Å². The Bertz CT molecular complexity index is 3870. The van der Waals surface area contributed by atoms with Gasteiger partial charge in [-0.2, -0.15) is 0 Å². The van der Waals surface area contributed by atoms with E-state index in [1.807, 2.05) is 72.8 Å². The van der Waals surface area contributed by atoms with Crippen molar-refractivity contribution in [3.8, 4) is 45.3 Å². The molecule has 0 N–H and O–H groups in total. The van der Waals surface area contributed by atoms with Crippen LogP contribution in [-0.2, 0) is 47.9 Å². The molecule has 0 radical (unpaired) electrons. The van der Waals surface area contributed by atoms with Gasteiger partial charge >= 0.3 is 16.0 Å². The molecule has 0 amide bonds. The fourth-order valence-electron chi connectivity index (χ4n) is 12.6. The first-order valence-corrected chi connectivity index (χ1v) is 37.2. The second kappa shape index (κ2) is 26.2. The second-order valence-corrected chi connectivity index (χ2v) is 39.1. The molecule has 0 aliphatic rings. The molecular weight excluding hydrogens is 1200 g/mol. The van der Waals surface area contributed by atoms with Gasteiger partial charge in [0.2, 0.25) is 0 Å². The summed E-state index contributed by atoms with van der Waals surface area (Å²) in [5, 5.41) is 2.86. The monoisotopic (exact) mass is 1310 g/mol. The molecule has 0 aliphatic heterocycles. The number of benzene rings is 8. The molecule has 8 aromatic carbocycles. The SMILES string of the molecule is Cc1cc(OP(Oc2cc(C)c(C(C)(C)C)cc2C(C)(C)C)c2ccc(-c3ccc(P([O-])c4ccc(-c5ccc(P(=O)(Oc6cc(C)c(C(C)(C)C)cc6C(C)(C)C)Oc6cc(C)c(C(C)(C)C)cc6C(C)(C)C)cc5)cc4)cc3)cc2)c(C(C)(C)C)cc1C(C)(C)C.